The lowest BCUT2D eigenvalue weighted by Crippen LogP contribution is -2.31. The standard InChI is InChI=1S/C26H26ClN3O4/c1-2-28-25(32)17-34-20-14-12-19(13-15-20)29-24(31)16-23(18-8-4-3-5-9-18)30-26(33)21-10-6-7-11-22(21)27/h3-15,23H,2,16-17H2,1H3,(H,28,32)(H,29,31)(H,30,33). The molecule has 0 saturated carbocycles. The molecule has 3 aromatic rings. The fourth-order valence-electron chi connectivity index (χ4n) is 3.25. The van der Waals surface area contributed by atoms with E-state index in [1.807, 2.05) is 37.3 Å². The van der Waals surface area contributed by atoms with Gasteiger partial charge in [-0.15, -0.1) is 0 Å². The molecule has 1 unspecified atom stereocenters. The van der Waals surface area contributed by atoms with Crippen LogP contribution in [0.5, 0.6) is 5.75 Å². The fraction of sp³-hybridized carbons (Fsp3) is 0.192. The van der Waals surface area contributed by atoms with Crippen molar-refractivity contribution in [3.05, 3.63) is 95.0 Å². The van der Waals surface area contributed by atoms with Crippen molar-refractivity contribution in [2.45, 2.75) is 19.4 Å². The van der Waals surface area contributed by atoms with Crippen molar-refractivity contribution in [2.75, 3.05) is 18.5 Å². The normalized spacial score (nSPS) is 11.2. The molecule has 0 aliphatic heterocycles. The molecule has 8 heteroatoms. The summed E-state index contributed by atoms with van der Waals surface area (Å²) in [4.78, 5) is 37.1. The van der Waals surface area contributed by atoms with Crippen molar-refractivity contribution in [3.63, 3.8) is 0 Å². The Morgan fingerprint density at radius 2 is 1.56 bits per heavy atom. The molecule has 3 amide bonds. The monoisotopic (exact) mass is 479 g/mol. The summed E-state index contributed by atoms with van der Waals surface area (Å²) in [6, 6.07) is 22.2. The Hall–Kier alpha value is -3.84. The predicted molar refractivity (Wildman–Crippen MR) is 132 cm³/mol. The average molecular weight is 480 g/mol. The second-order valence-electron chi connectivity index (χ2n) is 7.44. The van der Waals surface area contributed by atoms with Crippen LogP contribution in [0.2, 0.25) is 5.02 Å². The summed E-state index contributed by atoms with van der Waals surface area (Å²) in [6.07, 6.45) is 0.0235. The third-order valence-corrected chi connectivity index (χ3v) is 5.23. The quantitative estimate of drug-likeness (QED) is 0.402. The zero-order chi connectivity index (χ0) is 24.3. The highest BCUT2D eigenvalue weighted by Crippen LogP contribution is 2.22. The van der Waals surface area contributed by atoms with Gasteiger partial charge in [-0.05, 0) is 48.9 Å². The van der Waals surface area contributed by atoms with Gasteiger partial charge in [0.1, 0.15) is 5.75 Å². The van der Waals surface area contributed by atoms with Gasteiger partial charge in [-0.3, -0.25) is 14.4 Å². The lowest BCUT2D eigenvalue weighted by molar-refractivity contribution is -0.123. The molecule has 3 aromatic carbocycles. The Balaban J connectivity index is 1.63. The molecule has 176 valence electrons. The van der Waals surface area contributed by atoms with Gasteiger partial charge < -0.3 is 20.7 Å². The maximum Gasteiger partial charge on any atom is 0.257 e. The van der Waals surface area contributed by atoms with Crippen LogP contribution in [-0.4, -0.2) is 30.9 Å². The van der Waals surface area contributed by atoms with Gasteiger partial charge in [0.15, 0.2) is 6.61 Å². The summed E-state index contributed by atoms with van der Waals surface area (Å²) in [5.41, 5.74) is 1.71. The third-order valence-electron chi connectivity index (χ3n) is 4.90. The summed E-state index contributed by atoms with van der Waals surface area (Å²) in [5, 5.41) is 8.73. The van der Waals surface area contributed by atoms with E-state index < -0.39 is 6.04 Å². The van der Waals surface area contributed by atoms with Crippen LogP contribution >= 0.6 is 11.6 Å². The van der Waals surface area contributed by atoms with Gasteiger partial charge in [-0.2, -0.15) is 0 Å². The van der Waals surface area contributed by atoms with E-state index in [1.165, 1.54) is 0 Å². The molecule has 0 bridgehead atoms. The van der Waals surface area contributed by atoms with Gasteiger partial charge >= 0.3 is 0 Å². The highest BCUT2D eigenvalue weighted by atomic mass is 35.5. The first kappa shape index (κ1) is 24.8. The maximum absolute atomic E-state index is 12.8. The Kier molecular flexibility index (Phi) is 9.05. The second kappa shape index (κ2) is 12.4. The molecule has 7 nitrogen and oxygen atoms in total. The fourth-order valence-corrected chi connectivity index (χ4v) is 3.47. The summed E-state index contributed by atoms with van der Waals surface area (Å²) < 4.78 is 5.42. The molecule has 1 atom stereocenters. The Morgan fingerprint density at radius 1 is 0.882 bits per heavy atom. The number of ether oxygens (including phenoxy) is 1. The Labute approximate surface area is 203 Å². The van der Waals surface area contributed by atoms with Gasteiger partial charge in [-0.1, -0.05) is 54.1 Å². The number of anilines is 1. The molecular formula is C26H26ClN3O4. The molecule has 3 N–H and O–H groups in total. The van der Waals surface area contributed by atoms with Crippen molar-refractivity contribution < 1.29 is 19.1 Å². The molecular weight excluding hydrogens is 454 g/mol. The molecule has 0 fully saturated rings. The first-order valence-corrected chi connectivity index (χ1v) is 11.2. The first-order valence-electron chi connectivity index (χ1n) is 10.9. The van der Waals surface area contributed by atoms with Crippen molar-refractivity contribution in [3.8, 4) is 5.75 Å². The molecule has 34 heavy (non-hydrogen) atoms. The van der Waals surface area contributed by atoms with Gasteiger partial charge in [0, 0.05) is 12.2 Å². The molecule has 0 heterocycles. The number of benzene rings is 3. The molecule has 3 rings (SSSR count). The average Bonchev–Trinajstić information content (AvgIpc) is 2.84. The van der Waals surface area contributed by atoms with Crippen LogP contribution in [0.4, 0.5) is 5.69 Å². The third kappa shape index (κ3) is 7.35. The van der Waals surface area contributed by atoms with E-state index in [2.05, 4.69) is 16.0 Å². The highest BCUT2D eigenvalue weighted by Gasteiger charge is 2.20. The van der Waals surface area contributed by atoms with Gasteiger partial charge in [-0.25, -0.2) is 0 Å². The van der Waals surface area contributed by atoms with Crippen LogP contribution in [0.1, 0.15) is 35.3 Å². The van der Waals surface area contributed by atoms with Crippen molar-refractivity contribution >= 4 is 35.0 Å². The zero-order valence-electron chi connectivity index (χ0n) is 18.7. The van der Waals surface area contributed by atoms with Crippen LogP contribution < -0.4 is 20.7 Å². The minimum Gasteiger partial charge on any atom is -0.484 e. The molecule has 0 radical (unpaired) electrons. The highest BCUT2D eigenvalue weighted by molar-refractivity contribution is 6.33. The van der Waals surface area contributed by atoms with Gasteiger partial charge in [0.05, 0.1) is 23.0 Å². The zero-order valence-corrected chi connectivity index (χ0v) is 19.5. The minimum atomic E-state index is -0.551. The van der Waals surface area contributed by atoms with E-state index in [0.29, 0.717) is 28.6 Å². The number of halogens is 1. The maximum atomic E-state index is 12.8. The number of nitrogens with one attached hydrogen (secondary N) is 3. The number of amides is 3. The number of likely N-dealkylation sites (N-methyl/N-ethyl adjacent to an activating group) is 1. The molecule has 0 aliphatic carbocycles. The van der Waals surface area contributed by atoms with E-state index in [-0.39, 0.29) is 30.7 Å². The smallest absolute Gasteiger partial charge is 0.257 e. The minimum absolute atomic E-state index is 0.0235. The summed E-state index contributed by atoms with van der Waals surface area (Å²) >= 11 is 6.16. The van der Waals surface area contributed by atoms with Crippen molar-refractivity contribution in [1.29, 1.82) is 0 Å². The number of carbonyl (C=O) groups excluding carboxylic acids is 3. The number of rotatable bonds is 10. The van der Waals surface area contributed by atoms with Crippen LogP contribution in [0.25, 0.3) is 0 Å². The molecule has 0 aliphatic rings. The Bertz CT molecular complexity index is 1120. The van der Waals surface area contributed by atoms with Crippen molar-refractivity contribution in [2.24, 2.45) is 0 Å². The number of carbonyl (C=O) groups is 3. The van der Waals surface area contributed by atoms with Gasteiger partial charge in [0.25, 0.3) is 11.8 Å². The van der Waals surface area contributed by atoms with E-state index in [0.717, 1.165) is 5.56 Å². The Morgan fingerprint density at radius 3 is 2.24 bits per heavy atom. The lowest BCUT2D eigenvalue weighted by atomic mass is 10.0. The predicted octanol–water partition coefficient (Wildman–Crippen LogP) is 4.35. The largest absolute Gasteiger partial charge is 0.484 e. The van der Waals surface area contributed by atoms with E-state index in [1.54, 1.807) is 48.5 Å². The second-order valence-corrected chi connectivity index (χ2v) is 7.84. The van der Waals surface area contributed by atoms with E-state index in [9.17, 15) is 14.4 Å². The summed E-state index contributed by atoms with van der Waals surface area (Å²) in [7, 11) is 0. The molecule has 0 saturated heterocycles. The van der Waals surface area contributed by atoms with Crippen LogP contribution in [0, 0.1) is 0 Å². The lowest BCUT2D eigenvalue weighted by Gasteiger charge is -2.19. The van der Waals surface area contributed by atoms with E-state index in [4.69, 9.17) is 16.3 Å². The summed E-state index contributed by atoms with van der Waals surface area (Å²) in [6.45, 7) is 2.29. The molecule has 0 spiro atoms. The number of hydrogen-bond acceptors (Lipinski definition) is 4. The van der Waals surface area contributed by atoms with Crippen LogP contribution in [0.15, 0.2) is 78.9 Å². The van der Waals surface area contributed by atoms with Gasteiger partial charge in [0.2, 0.25) is 5.91 Å². The SMILES string of the molecule is CCNC(=O)COc1ccc(NC(=O)CC(NC(=O)c2ccccc2Cl)c2ccccc2)cc1. The first-order chi connectivity index (χ1) is 16.5. The van der Waals surface area contributed by atoms with Crippen LogP contribution in [0.3, 0.4) is 0 Å². The number of hydrogen-bond donors (Lipinski definition) is 3. The topological polar surface area (TPSA) is 96.5 Å². The van der Waals surface area contributed by atoms with E-state index >= 15 is 0 Å². The van der Waals surface area contributed by atoms with Crippen molar-refractivity contribution in [1.82, 2.24) is 10.6 Å². The van der Waals surface area contributed by atoms with Crippen LogP contribution in [-0.2, 0) is 9.59 Å². The summed E-state index contributed by atoms with van der Waals surface area (Å²) in [5.74, 6) is -0.325. The molecule has 0 aromatic heterocycles.